The van der Waals surface area contributed by atoms with Crippen LogP contribution in [0, 0.1) is 0 Å². The van der Waals surface area contributed by atoms with Gasteiger partial charge in [0, 0.05) is 5.69 Å². The van der Waals surface area contributed by atoms with Gasteiger partial charge >= 0.3 is 5.97 Å². The molecule has 0 saturated heterocycles. The molecular formula is C12H19NO2Si. The molecule has 1 N–H and O–H groups in total. The second-order valence-electron chi connectivity index (χ2n) is 4.77. The number of nitrogens with one attached hydrogen (secondary N) is 1. The first-order chi connectivity index (χ1) is 7.38. The number of hydrogen-bond acceptors (Lipinski definition) is 3. The van der Waals surface area contributed by atoms with Gasteiger partial charge in [-0.15, -0.1) is 0 Å². The van der Waals surface area contributed by atoms with Gasteiger partial charge in [0.15, 0.2) is 0 Å². The fourth-order valence-corrected chi connectivity index (χ4v) is 2.01. The molecule has 0 fully saturated rings. The summed E-state index contributed by atoms with van der Waals surface area (Å²) in [5.41, 5.74) is 0.933. The van der Waals surface area contributed by atoms with Crippen LogP contribution in [0.5, 0.6) is 0 Å². The van der Waals surface area contributed by atoms with Crippen LogP contribution in [0.15, 0.2) is 30.3 Å². The average Bonchev–Trinajstić information content (AvgIpc) is 2.16. The van der Waals surface area contributed by atoms with Crippen molar-refractivity contribution in [1.29, 1.82) is 0 Å². The van der Waals surface area contributed by atoms with Gasteiger partial charge in [-0.1, -0.05) is 18.2 Å². The van der Waals surface area contributed by atoms with Crippen molar-refractivity contribution in [3.05, 3.63) is 30.3 Å². The summed E-state index contributed by atoms with van der Waals surface area (Å²) < 4.78 is 5.41. The number of benzene rings is 1. The van der Waals surface area contributed by atoms with E-state index in [1.165, 1.54) is 0 Å². The molecule has 0 aliphatic heterocycles. The van der Waals surface area contributed by atoms with Crippen LogP contribution in [-0.4, -0.2) is 20.3 Å². The lowest BCUT2D eigenvalue weighted by atomic mass is 10.3. The highest BCUT2D eigenvalue weighted by Gasteiger charge is 2.23. The smallest absolute Gasteiger partial charge is 0.314 e. The molecule has 1 aromatic carbocycles. The molecular weight excluding hydrogens is 218 g/mol. The summed E-state index contributed by atoms with van der Waals surface area (Å²) in [7, 11) is -1.79. The third kappa shape index (κ3) is 4.48. The zero-order valence-electron chi connectivity index (χ0n) is 10.3. The molecule has 0 bridgehead atoms. The summed E-state index contributed by atoms with van der Waals surface area (Å²) in [4.78, 5) is 11.7. The minimum absolute atomic E-state index is 0.178. The van der Waals surface area contributed by atoms with Crippen molar-refractivity contribution in [3.63, 3.8) is 0 Å². The molecule has 0 aromatic heterocycles. The standard InChI is InChI=1S/C12H19NO2Si/c1-10(12(14)15-16(2,3)4)13-11-8-6-5-7-9-11/h5-10,13H,1-4H3/t10-/m0/s1. The van der Waals surface area contributed by atoms with Crippen molar-refractivity contribution in [2.45, 2.75) is 32.6 Å². The minimum Gasteiger partial charge on any atom is -0.518 e. The van der Waals surface area contributed by atoms with E-state index in [0.717, 1.165) is 5.69 Å². The highest BCUT2D eigenvalue weighted by atomic mass is 28.4. The normalized spacial score (nSPS) is 13.0. The SMILES string of the molecule is C[C@H](Nc1ccccc1)C(=O)O[Si](C)(C)C. The zero-order chi connectivity index (χ0) is 12.2. The molecule has 88 valence electrons. The first-order valence-corrected chi connectivity index (χ1v) is 8.84. The maximum Gasteiger partial charge on any atom is 0.314 e. The van der Waals surface area contributed by atoms with Gasteiger partial charge in [0.25, 0.3) is 0 Å². The predicted molar refractivity (Wildman–Crippen MR) is 69.0 cm³/mol. The molecule has 4 heteroatoms. The molecule has 0 unspecified atom stereocenters. The highest BCUT2D eigenvalue weighted by Crippen LogP contribution is 2.10. The van der Waals surface area contributed by atoms with Crippen molar-refractivity contribution < 1.29 is 9.22 Å². The lowest BCUT2D eigenvalue weighted by Gasteiger charge is -2.21. The maximum atomic E-state index is 11.7. The summed E-state index contributed by atoms with van der Waals surface area (Å²) in [6.45, 7) is 7.82. The van der Waals surface area contributed by atoms with Crippen molar-refractivity contribution in [2.24, 2.45) is 0 Å². The second kappa shape index (κ2) is 5.16. The Morgan fingerprint density at radius 2 is 1.81 bits per heavy atom. The van der Waals surface area contributed by atoms with Crippen LogP contribution in [0.3, 0.4) is 0 Å². The van der Waals surface area contributed by atoms with E-state index in [4.69, 9.17) is 4.43 Å². The Morgan fingerprint density at radius 1 is 1.25 bits per heavy atom. The fourth-order valence-electron chi connectivity index (χ4n) is 1.23. The first-order valence-electron chi connectivity index (χ1n) is 5.43. The van der Waals surface area contributed by atoms with Crippen molar-refractivity contribution >= 4 is 20.0 Å². The molecule has 0 radical (unpaired) electrons. The van der Waals surface area contributed by atoms with Crippen LogP contribution in [0.25, 0.3) is 0 Å². The predicted octanol–water partition coefficient (Wildman–Crippen LogP) is 2.87. The lowest BCUT2D eigenvalue weighted by molar-refractivity contribution is -0.135. The van der Waals surface area contributed by atoms with Crippen LogP contribution < -0.4 is 5.32 Å². The Bertz CT molecular complexity index is 346. The molecule has 16 heavy (non-hydrogen) atoms. The number of carbonyl (C=O) groups excluding carboxylic acids is 1. The average molecular weight is 237 g/mol. The largest absolute Gasteiger partial charge is 0.518 e. The summed E-state index contributed by atoms with van der Waals surface area (Å²) in [5.74, 6) is -0.178. The Hall–Kier alpha value is -1.29. The number of para-hydroxylation sites is 1. The molecule has 1 atom stereocenters. The van der Waals surface area contributed by atoms with Crippen LogP contribution in [0.4, 0.5) is 5.69 Å². The summed E-state index contributed by atoms with van der Waals surface area (Å²) in [6.07, 6.45) is 0. The van der Waals surface area contributed by atoms with Gasteiger partial charge in [-0.3, -0.25) is 4.79 Å². The van der Waals surface area contributed by atoms with Crippen LogP contribution in [0.1, 0.15) is 6.92 Å². The van der Waals surface area contributed by atoms with E-state index >= 15 is 0 Å². The molecule has 0 saturated carbocycles. The van der Waals surface area contributed by atoms with E-state index in [1.807, 2.05) is 56.9 Å². The van der Waals surface area contributed by atoms with Crippen molar-refractivity contribution in [2.75, 3.05) is 5.32 Å². The maximum absolute atomic E-state index is 11.7. The Kier molecular flexibility index (Phi) is 4.12. The summed E-state index contributed by atoms with van der Waals surface area (Å²) >= 11 is 0. The number of hydrogen-bond donors (Lipinski definition) is 1. The minimum atomic E-state index is -1.79. The van der Waals surface area contributed by atoms with Gasteiger partial charge < -0.3 is 9.74 Å². The van der Waals surface area contributed by atoms with E-state index in [-0.39, 0.29) is 12.0 Å². The molecule has 0 spiro atoms. The first kappa shape index (κ1) is 12.8. The van der Waals surface area contributed by atoms with E-state index < -0.39 is 8.32 Å². The van der Waals surface area contributed by atoms with Crippen LogP contribution in [0.2, 0.25) is 19.6 Å². The zero-order valence-corrected chi connectivity index (χ0v) is 11.3. The van der Waals surface area contributed by atoms with Crippen molar-refractivity contribution in [1.82, 2.24) is 0 Å². The molecule has 0 heterocycles. The molecule has 0 aliphatic carbocycles. The molecule has 0 aliphatic rings. The highest BCUT2D eigenvalue weighted by molar-refractivity contribution is 6.71. The Labute approximate surface area is 98.0 Å². The molecule has 1 rings (SSSR count). The van der Waals surface area contributed by atoms with Gasteiger partial charge in [0.05, 0.1) is 0 Å². The van der Waals surface area contributed by atoms with Crippen molar-refractivity contribution in [3.8, 4) is 0 Å². The quantitative estimate of drug-likeness (QED) is 0.818. The van der Waals surface area contributed by atoms with E-state index in [0.29, 0.717) is 0 Å². The van der Waals surface area contributed by atoms with Gasteiger partial charge in [-0.05, 0) is 38.7 Å². The molecule has 3 nitrogen and oxygen atoms in total. The molecule has 0 amide bonds. The van der Waals surface area contributed by atoms with Gasteiger partial charge in [-0.2, -0.15) is 0 Å². The third-order valence-electron chi connectivity index (χ3n) is 1.92. The topological polar surface area (TPSA) is 38.3 Å². The summed E-state index contributed by atoms with van der Waals surface area (Å²) in [6, 6.07) is 9.35. The Balaban J connectivity index is 2.53. The molecule has 1 aromatic rings. The van der Waals surface area contributed by atoms with Gasteiger partial charge in [-0.25, -0.2) is 0 Å². The van der Waals surface area contributed by atoms with Crippen LogP contribution in [-0.2, 0) is 9.22 Å². The summed E-state index contributed by atoms with van der Waals surface area (Å²) in [5, 5.41) is 3.11. The van der Waals surface area contributed by atoms with Gasteiger partial charge in [0.2, 0.25) is 8.32 Å². The van der Waals surface area contributed by atoms with E-state index in [2.05, 4.69) is 5.32 Å². The monoisotopic (exact) mass is 237 g/mol. The van der Waals surface area contributed by atoms with Gasteiger partial charge in [0.1, 0.15) is 6.04 Å². The fraction of sp³-hybridized carbons (Fsp3) is 0.417. The Morgan fingerprint density at radius 3 is 2.31 bits per heavy atom. The van der Waals surface area contributed by atoms with E-state index in [9.17, 15) is 4.79 Å². The number of anilines is 1. The third-order valence-corrected chi connectivity index (χ3v) is 2.73. The van der Waals surface area contributed by atoms with Crippen LogP contribution >= 0.6 is 0 Å². The second-order valence-corrected chi connectivity index (χ2v) is 9.19. The number of rotatable bonds is 4. The van der Waals surface area contributed by atoms with E-state index in [1.54, 1.807) is 0 Å². The number of carbonyl (C=O) groups is 1. The lowest BCUT2D eigenvalue weighted by Crippen LogP contribution is -2.37.